The summed E-state index contributed by atoms with van der Waals surface area (Å²) in [5, 5.41) is 19.2. The zero-order chi connectivity index (χ0) is 18.9. The van der Waals surface area contributed by atoms with Crippen LogP contribution in [-0.4, -0.2) is 33.4 Å². The maximum Gasteiger partial charge on any atom is 0.335 e. The van der Waals surface area contributed by atoms with Crippen LogP contribution in [0, 0.1) is 0 Å². The zero-order valence-electron chi connectivity index (χ0n) is 15.0. The number of aromatic carboxylic acids is 1. The number of H-pyrrole nitrogens is 1. The van der Waals surface area contributed by atoms with Crippen molar-refractivity contribution >= 4 is 11.8 Å². The lowest BCUT2D eigenvalue weighted by atomic mass is 10.1. The van der Waals surface area contributed by atoms with Gasteiger partial charge in [0.2, 0.25) is 5.88 Å². The molecule has 0 aliphatic heterocycles. The molecule has 2 heterocycles. The quantitative estimate of drug-likeness (QED) is 0.622. The topological polar surface area (TPSA) is 100 Å². The summed E-state index contributed by atoms with van der Waals surface area (Å²) in [6, 6.07) is 12.3. The third-order valence-corrected chi connectivity index (χ3v) is 3.51. The Morgan fingerprint density at radius 1 is 1.19 bits per heavy atom. The average Bonchev–Trinajstić information content (AvgIpc) is 3.17. The van der Waals surface area contributed by atoms with Crippen molar-refractivity contribution < 1.29 is 14.6 Å². The number of anilines is 1. The van der Waals surface area contributed by atoms with Crippen molar-refractivity contribution in [2.45, 2.75) is 20.4 Å². The van der Waals surface area contributed by atoms with E-state index in [0.29, 0.717) is 18.2 Å². The summed E-state index contributed by atoms with van der Waals surface area (Å²) in [6.07, 6.45) is 1.71. The first-order valence-corrected chi connectivity index (χ1v) is 8.27. The number of hydrogen-bond donors (Lipinski definition) is 3. The lowest BCUT2D eigenvalue weighted by Gasteiger charge is -2.03. The molecule has 136 valence electrons. The maximum absolute atomic E-state index is 10.8. The van der Waals surface area contributed by atoms with Crippen LogP contribution in [0.2, 0.25) is 0 Å². The first-order valence-electron chi connectivity index (χ1n) is 8.27. The molecule has 0 aliphatic rings. The van der Waals surface area contributed by atoms with Crippen molar-refractivity contribution in [1.29, 1.82) is 0 Å². The summed E-state index contributed by atoms with van der Waals surface area (Å²) in [5.41, 5.74) is 2.99. The zero-order valence-corrected chi connectivity index (χ0v) is 15.0. The number of carboxylic acids is 1. The van der Waals surface area contributed by atoms with Crippen LogP contribution in [0.1, 0.15) is 29.8 Å². The Morgan fingerprint density at radius 2 is 1.92 bits per heavy atom. The predicted molar refractivity (Wildman–Crippen MR) is 100 cm³/mol. The van der Waals surface area contributed by atoms with Gasteiger partial charge in [-0.3, -0.25) is 5.10 Å². The molecule has 3 N–H and O–H groups in total. The highest BCUT2D eigenvalue weighted by molar-refractivity contribution is 5.87. The monoisotopic (exact) mass is 354 g/mol. The first-order chi connectivity index (χ1) is 12.7. The fourth-order valence-electron chi connectivity index (χ4n) is 2.18. The molecule has 0 bridgehead atoms. The SMILES string of the molecule is CC.COc1ccc(-c2cc(NCc3ccc(C(=O)O)cc3)n[nH]2)cn1. The summed E-state index contributed by atoms with van der Waals surface area (Å²) < 4.78 is 5.03. The second-order valence-electron chi connectivity index (χ2n) is 5.11. The van der Waals surface area contributed by atoms with Crippen LogP contribution < -0.4 is 10.1 Å². The standard InChI is InChI=1S/C17H16N4O3.C2H6/c1-24-16-7-6-13(10-19-16)14-8-15(21-20-14)18-9-11-2-4-12(5-3-11)17(22)23;1-2/h2-8,10H,9H2,1H3,(H,22,23)(H2,18,20,21);1-2H3. The van der Waals surface area contributed by atoms with Gasteiger partial charge in [0, 0.05) is 30.4 Å². The largest absolute Gasteiger partial charge is 0.481 e. The molecular weight excluding hydrogens is 332 g/mol. The van der Waals surface area contributed by atoms with Crippen LogP contribution in [0.3, 0.4) is 0 Å². The van der Waals surface area contributed by atoms with Gasteiger partial charge in [-0.05, 0) is 23.8 Å². The molecule has 1 aromatic carbocycles. The Bertz CT molecular complexity index is 827. The van der Waals surface area contributed by atoms with Crippen LogP contribution in [-0.2, 0) is 6.54 Å². The molecule has 3 aromatic rings. The molecule has 26 heavy (non-hydrogen) atoms. The summed E-state index contributed by atoms with van der Waals surface area (Å²) in [4.78, 5) is 15.0. The highest BCUT2D eigenvalue weighted by Gasteiger charge is 2.05. The van der Waals surface area contributed by atoms with E-state index in [0.717, 1.165) is 16.8 Å². The number of aromatic nitrogens is 3. The van der Waals surface area contributed by atoms with E-state index in [-0.39, 0.29) is 5.56 Å². The minimum absolute atomic E-state index is 0.271. The van der Waals surface area contributed by atoms with Crippen LogP contribution in [0.5, 0.6) is 5.88 Å². The molecule has 0 saturated heterocycles. The van der Waals surface area contributed by atoms with Crippen LogP contribution in [0.25, 0.3) is 11.3 Å². The van der Waals surface area contributed by atoms with Gasteiger partial charge in [-0.2, -0.15) is 5.10 Å². The van der Waals surface area contributed by atoms with E-state index in [4.69, 9.17) is 9.84 Å². The molecule has 0 radical (unpaired) electrons. The Morgan fingerprint density at radius 3 is 2.50 bits per heavy atom. The van der Waals surface area contributed by atoms with Crippen molar-refractivity contribution in [3.8, 4) is 17.1 Å². The molecule has 7 nitrogen and oxygen atoms in total. The van der Waals surface area contributed by atoms with Crippen molar-refractivity contribution in [2.24, 2.45) is 0 Å². The fourth-order valence-corrected chi connectivity index (χ4v) is 2.18. The highest BCUT2D eigenvalue weighted by atomic mass is 16.5. The number of benzene rings is 1. The molecule has 0 aliphatic carbocycles. The van der Waals surface area contributed by atoms with E-state index in [2.05, 4.69) is 20.5 Å². The smallest absolute Gasteiger partial charge is 0.335 e. The minimum Gasteiger partial charge on any atom is -0.481 e. The lowest BCUT2D eigenvalue weighted by Crippen LogP contribution is -2.01. The second-order valence-corrected chi connectivity index (χ2v) is 5.11. The number of nitrogens with one attached hydrogen (secondary N) is 2. The Kier molecular flexibility index (Phi) is 6.73. The molecule has 0 atom stereocenters. The Labute approximate surface area is 152 Å². The van der Waals surface area contributed by atoms with Gasteiger partial charge in [-0.1, -0.05) is 26.0 Å². The summed E-state index contributed by atoms with van der Waals surface area (Å²) in [5.74, 6) is 0.323. The Hall–Kier alpha value is -3.35. The van der Waals surface area contributed by atoms with Gasteiger partial charge in [-0.15, -0.1) is 0 Å². The van der Waals surface area contributed by atoms with Crippen molar-refractivity contribution in [2.75, 3.05) is 12.4 Å². The fraction of sp³-hybridized carbons (Fsp3) is 0.211. The number of ether oxygens (including phenoxy) is 1. The van der Waals surface area contributed by atoms with Crippen molar-refractivity contribution in [1.82, 2.24) is 15.2 Å². The molecular formula is C19H22N4O3. The summed E-state index contributed by atoms with van der Waals surface area (Å²) in [6.45, 7) is 4.55. The van der Waals surface area contributed by atoms with E-state index in [9.17, 15) is 4.79 Å². The molecule has 0 unspecified atom stereocenters. The van der Waals surface area contributed by atoms with Crippen LogP contribution in [0.15, 0.2) is 48.7 Å². The van der Waals surface area contributed by atoms with Crippen molar-refractivity contribution in [3.05, 3.63) is 59.8 Å². The third kappa shape index (κ3) is 4.83. The van der Waals surface area contributed by atoms with Gasteiger partial charge < -0.3 is 15.2 Å². The predicted octanol–water partition coefficient (Wildman–Crippen LogP) is 3.82. The van der Waals surface area contributed by atoms with Gasteiger partial charge in [0.15, 0.2) is 0 Å². The van der Waals surface area contributed by atoms with E-state index >= 15 is 0 Å². The lowest BCUT2D eigenvalue weighted by molar-refractivity contribution is 0.0697. The van der Waals surface area contributed by atoms with Gasteiger partial charge in [0.25, 0.3) is 0 Å². The Balaban J connectivity index is 0.00000117. The number of methoxy groups -OCH3 is 1. The van der Waals surface area contributed by atoms with E-state index in [1.165, 1.54) is 0 Å². The van der Waals surface area contributed by atoms with Gasteiger partial charge in [-0.25, -0.2) is 9.78 Å². The van der Waals surface area contributed by atoms with E-state index in [1.54, 1.807) is 43.6 Å². The highest BCUT2D eigenvalue weighted by Crippen LogP contribution is 2.21. The number of rotatable bonds is 6. The average molecular weight is 354 g/mol. The molecule has 7 heteroatoms. The number of hydrogen-bond acceptors (Lipinski definition) is 5. The number of aromatic amines is 1. The van der Waals surface area contributed by atoms with Crippen LogP contribution >= 0.6 is 0 Å². The second kappa shape index (κ2) is 9.22. The maximum atomic E-state index is 10.8. The number of pyridine rings is 1. The molecule has 3 rings (SSSR count). The first kappa shape index (κ1) is 19.0. The van der Waals surface area contributed by atoms with Crippen LogP contribution in [0.4, 0.5) is 5.82 Å². The molecule has 0 amide bonds. The van der Waals surface area contributed by atoms with E-state index < -0.39 is 5.97 Å². The van der Waals surface area contributed by atoms with Gasteiger partial charge in [0.1, 0.15) is 5.82 Å². The number of carboxylic acid groups (broad SMARTS) is 1. The molecule has 0 saturated carbocycles. The number of nitrogens with zero attached hydrogens (tertiary/aromatic N) is 2. The number of carbonyl (C=O) groups is 1. The summed E-state index contributed by atoms with van der Waals surface area (Å²) >= 11 is 0. The normalized spacial score (nSPS) is 9.81. The minimum atomic E-state index is -0.931. The third-order valence-electron chi connectivity index (χ3n) is 3.51. The molecule has 0 fully saturated rings. The van der Waals surface area contributed by atoms with Crippen molar-refractivity contribution in [3.63, 3.8) is 0 Å². The van der Waals surface area contributed by atoms with Gasteiger partial charge >= 0.3 is 5.97 Å². The van der Waals surface area contributed by atoms with Gasteiger partial charge in [0.05, 0.1) is 18.4 Å². The molecule has 0 spiro atoms. The summed E-state index contributed by atoms with van der Waals surface area (Å²) in [7, 11) is 1.57. The molecule has 2 aromatic heterocycles. The van der Waals surface area contributed by atoms with E-state index in [1.807, 2.05) is 26.0 Å².